The van der Waals surface area contributed by atoms with Crippen LogP contribution in [0.5, 0.6) is 11.5 Å². The molecule has 0 saturated carbocycles. The lowest BCUT2D eigenvalue weighted by Gasteiger charge is -2.29. The maximum atomic E-state index is 6.17. The van der Waals surface area contributed by atoms with Gasteiger partial charge in [-0.25, -0.2) is 0 Å². The lowest BCUT2D eigenvalue weighted by Crippen LogP contribution is -2.36. The first-order chi connectivity index (χ1) is 9.86. The fraction of sp³-hybridized carbons (Fsp3) is 0.625. The van der Waals surface area contributed by atoms with Gasteiger partial charge < -0.3 is 14.8 Å². The van der Waals surface area contributed by atoms with E-state index in [1.165, 1.54) is 24.8 Å². The van der Waals surface area contributed by atoms with E-state index in [1.54, 1.807) is 7.11 Å². The summed E-state index contributed by atoms with van der Waals surface area (Å²) in [5.41, 5.74) is 1.28. The van der Waals surface area contributed by atoms with Gasteiger partial charge in [-0.1, -0.05) is 18.6 Å². The summed E-state index contributed by atoms with van der Waals surface area (Å²) in [6.07, 6.45) is 5.28. The van der Waals surface area contributed by atoms with Crippen LogP contribution in [0.2, 0.25) is 0 Å². The summed E-state index contributed by atoms with van der Waals surface area (Å²) >= 11 is 1.94. The van der Waals surface area contributed by atoms with E-state index in [-0.39, 0.29) is 0 Å². The van der Waals surface area contributed by atoms with Crippen LogP contribution >= 0.6 is 11.8 Å². The second-order valence-corrected chi connectivity index (χ2v) is 6.65. The van der Waals surface area contributed by atoms with Gasteiger partial charge in [0.2, 0.25) is 0 Å². The highest BCUT2D eigenvalue weighted by atomic mass is 32.2. The quantitative estimate of drug-likeness (QED) is 0.904. The molecule has 1 aromatic rings. The molecule has 0 spiro atoms. The number of hydrogen-bond donors (Lipinski definition) is 1. The summed E-state index contributed by atoms with van der Waals surface area (Å²) < 4.78 is 11.7. The van der Waals surface area contributed by atoms with Crippen LogP contribution in [0.3, 0.4) is 0 Å². The largest absolute Gasteiger partial charge is 0.493 e. The highest BCUT2D eigenvalue weighted by Crippen LogP contribution is 2.35. The molecular weight excluding hydrogens is 270 g/mol. The minimum Gasteiger partial charge on any atom is -0.493 e. The van der Waals surface area contributed by atoms with Gasteiger partial charge in [0.25, 0.3) is 0 Å². The van der Waals surface area contributed by atoms with Crippen molar-refractivity contribution in [2.45, 2.75) is 37.8 Å². The number of para-hydroxylation sites is 1. The Hall–Kier alpha value is -0.870. The molecule has 2 heterocycles. The van der Waals surface area contributed by atoms with Gasteiger partial charge in [0.15, 0.2) is 11.5 Å². The summed E-state index contributed by atoms with van der Waals surface area (Å²) in [6.45, 7) is 1.14. The molecule has 0 aromatic heterocycles. The predicted octanol–water partition coefficient (Wildman–Crippen LogP) is 2.87. The average molecular weight is 293 g/mol. The van der Waals surface area contributed by atoms with Gasteiger partial charge in [0.1, 0.15) is 6.10 Å². The standard InChI is InChI=1S/C16H23NO2S/c1-18-15-7-4-5-12(9-13-6-2-3-8-17-13)16(15)19-14-10-20-11-14/h4-5,7,13-14,17H,2-3,6,8-11H2,1H3. The second kappa shape index (κ2) is 6.72. The zero-order valence-corrected chi connectivity index (χ0v) is 12.9. The lowest BCUT2D eigenvalue weighted by atomic mass is 9.97. The number of thioether (sulfide) groups is 1. The van der Waals surface area contributed by atoms with Gasteiger partial charge >= 0.3 is 0 Å². The molecule has 0 aliphatic carbocycles. The fourth-order valence-corrected chi connectivity index (χ4v) is 3.39. The Kier molecular flexibility index (Phi) is 4.73. The second-order valence-electron chi connectivity index (χ2n) is 5.58. The van der Waals surface area contributed by atoms with Crippen molar-refractivity contribution < 1.29 is 9.47 Å². The third kappa shape index (κ3) is 3.23. The van der Waals surface area contributed by atoms with Gasteiger partial charge in [-0.2, -0.15) is 11.8 Å². The Labute approximate surface area is 125 Å². The van der Waals surface area contributed by atoms with Gasteiger partial charge in [-0.05, 0) is 37.4 Å². The highest BCUT2D eigenvalue weighted by Gasteiger charge is 2.24. The molecule has 3 rings (SSSR count). The summed E-state index contributed by atoms with van der Waals surface area (Å²) in [4.78, 5) is 0. The topological polar surface area (TPSA) is 30.5 Å². The number of nitrogens with one attached hydrogen (secondary N) is 1. The maximum absolute atomic E-state index is 6.17. The van der Waals surface area contributed by atoms with Crippen LogP contribution in [-0.4, -0.2) is 37.3 Å². The third-order valence-corrected chi connectivity index (χ3v) is 5.27. The minimum absolute atomic E-state index is 0.356. The first-order valence-electron chi connectivity index (χ1n) is 7.50. The van der Waals surface area contributed by atoms with Crippen LogP contribution in [0, 0.1) is 0 Å². The monoisotopic (exact) mass is 293 g/mol. The Morgan fingerprint density at radius 1 is 1.30 bits per heavy atom. The summed E-state index contributed by atoms with van der Waals surface area (Å²) in [6, 6.07) is 6.83. The van der Waals surface area contributed by atoms with Crippen LogP contribution in [0.1, 0.15) is 24.8 Å². The zero-order valence-electron chi connectivity index (χ0n) is 12.1. The molecule has 2 fully saturated rings. The van der Waals surface area contributed by atoms with Gasteiger partial charge in [0.05, 0.1) is 7.11 Å². The first-order valence-corrected chi connectivity index (χ1v) is 8.66. The molecule has 20 heavy (non-hydrogen) atoms. The molecule has 1 N–H and O–H groups in total. The molecule has 0 amide bonds. The van der Waals surface area contributed by atoms with Crippen molar-refractivity contribution in [3.8, 4) is 11.5 Å². The number of piperidine rings is 1. The zero-order chi connectivity index (χ0) is 13.8. The molecule has 2 aliphatic rings. The Morgan fingerprint density at radius 3 is 2.85 bits per heavy atom. The van der Waals surface area contributed by atoms with Crippen molar-refractivity contribution in [2.24, 2.45) is 0 Å². The fourth-order valence-electron chi connectivity index (χ4n) is 2.83. The van der Waals surface area contributed by atoms with Crippen LogP contribution in [0.4, 0.5) is 0 Å². The van der Waals surface area contributed by atoms with Gasteiger partial charge in [-0.15, -0.1) is 0 Å². The molecule has 1 unspecified atom stereocenters. The van der Waals surface area contributed by atoms with E-state index >= 15 is 0 Å². The number of methoxy groups -OCH3 is 1. The van der Waals surface area contributed by atoms with Gasteiger partial charge in [-0.3, -0.25) is 0 Å². The SMILES string of the molecule is COc1cccc(CC2CCCCN2)c1OC1CSC1. The molecule has 0 radical (unpaired) electrons. The van der Waals surface area contributed by atoms with Crippen molar-refractivity contribution in [1.82, 2.24) is 5.32 Å². The molecule has 1 aromatic carbocycles. The molecule has 1 atom stereocenters. The number of rotatable bonds is 5. The van der Waals surface area contributed by atoms with Gasteiger partial charge in [0, 0.05) is 17.5 Å². The molecule has 2 saturated heterocycles. The van der Waals surface area contributed by atoms with Crippen LogP contribution < -0.4 is 14.8 Å². The van der Waals surface area contributed by atoms with Crippen LogP contribution in [0.15, 0.2) is 18.2 Å². The molecular formula is C16H23NO2S. The van der Waals surface area contributed by atoms with E-state index in [2.05, 4.69) is 17.4 Å². The third-order valence-electron chi connectivity index (χ3n) is 4.05. The van der Waals surface area contributed by atoms with Crippen molar-refractivity contribution >= 4 is 11.8 Å². The molecule has 4 heteroatoms. The van der Waals surface area contributed by atoms with E-state index in [1.807, 2.05) is 17.8 Å². The van der Waals surface area contributed by atoms with Crippen molar-refractivity contribution in [2.75, 3.05) is 25.2 Å². The number of ether oxygens (including phenoxy) is 2. The van der Waals surface area contributed by atoms with Crippen molar-refractivity contribution in [1.29, 1.82) is 0 Å². The number of hydrogen-bond acceptors (Lipinski definition) is 4. The van der Waals surface area contributed by atoms with Crippen molar-refractivity contribution in [3.05, 3.63) is 23.8 Å². The minimum atomic E-state index is 0.356. The normalized spacial score (nSPS) is 23.1. The lowest BCUT2D eigenvalue weighted by molar-refractivity contribution is 0.224. The van der Waals surface area contributed by atoms with Crippen molar-refractivity contribution in [3.63, 3.8) is 0 Å². The molecule has 110 valence electrons. The van der Waals surface area contributed by atoms with E-state index in [4.69, 9.17) is 9.47 Å². The van der Waals surface area contributed by atoms with E-state index in [9.17, 15) is 0 Å². The highest BCUT2D eigenvalue weighted by molar-refractivity contribution is 8.00. The Bertz CT molecular complexity index is 442. The predicted molar refractivity (Wildman–Crippen MR) is 84.1 cm³/mol. The Balaban J connectivity index is 1.76. The van der Waals surface area contributed by atoms with E-state index in [0.29, 0.717) is 12.1 Å². The van der Waals surface area contributed by atoms with Crippen LogP contribution in [0.25, 0.3) is 0 Å². The molecule has 2 aliphatic heterocycles. The van der Waals surface area contributed by atoms with E-state index in [0.717, 1.165) is 36.0 Å². The maximum Gasteiger partial charge on any atom is 0.164 e. The summed E-state index contributed by atoms with van der Waals surface area (Å²) in [7, 11) is 1.72. The average Bonchev–Trinajstić information content (AvgIpc) is 2.45. The Morgan fingerprint density at radius 2 is 2.20 bits per heavy atom. The summed E-state index contributed by atoms with van der Waals surface area (Å²) in [5.74, 6) is 4.03. The van der Waals surface area contributed by atoms with Crippen LogP contribution in [-0.2, 0) is 6.42 Å². The number of benzene rings is 1. The molecule has 3 nitrogen and oxygen atoms in total. The summed E-state index contributed by atoms with van der Waals surface area (Å²) in [5, 5.41) is 3.61. The molecule has 0 bridgehead atoms. The van der Waals surface area contributed by atoms with E-state index < -0.39 is 0 Å². The smallest absolute Gasteiger partial charge is 0.164 e. The first kappa shape index (κ1) is 14.1.